The molecule has 4 nitrogen and oxygen atoms in total. The van der Waals surface area contributed by atoms with Gasteiger partial charge in [-0.2, -0.15) is 0 Å². The van der Waals surface area contributed by atoms with Gasteiger partial charge < -0.3 is 15.4 Å². The lowest BCUT2D eigenvalue weighted by Crippen LogP contribution is -2.16. The quantitative estimate of drug-likeness (QED) is 0.812. The molecule has 0 aromatic heterocycles. The molecule has 1 aromatic rings. The fraction of sp³-hybridized carbons (Fsp3) is 0.500. The van der Waals surface area contributed by atoms with E-state index in [1.807, 2.05) is 25.1 Å². The second kappa shape index (κ2) is 5.87. The Balaban J connectivity index is 2.08. The molecule has 2 rings (SSSR count). The van der Waals surface area contributed by atoms with Gasteiger partial charge in [0.15, 0.2) is 0 Å². The summed E-state index contributed by atoms with van der Waals surface area (Å²) < 4.78 is 5.50. The van der Waals surface area contributed by atoms with Gasteiger partial charge in [-0.15, -0.1) is 0 Å². The molecule has 0 heterocycles. The third-order valence-corrected chi connectivity index (χ3v) is 2.83. The second-order valence-corrected chi connectivity index (χ2v) is 4.60. The Kier molecular flexibility index (Phi) is 4.20. The predicted octanol–water partition coefficient (Wildman–Crippen LogP) is 2.30. The predicted molar refractivity (Wildman–Crippen MR) is 71.8 cm³/mol. The summed E-state index contributed by atoms with van der Waals surface area (Å²) in [5.74, 6) is 0.645. The first-order chi connectivity index (χ1) is 8.69. The van der Waals surface area contributed by atoms with Crippen LogP contribution in [-0.2, 0) is 11.3 Å². The van der Waals surface area contributed by atoms with E-state index in [4.69, 9.17) is 4.74 Å². The third kappa shape index (κ3) is 3.74. The number of nitrogens with one attached hydrogen (secondary N) is 2. The summed E-state index contributed by atoms with van der Waals surface area (Å²) in [6.45, 7) is 4.86. The molecule has 1 saturated carbocycles. The van der Waals surface area contributed by atoms with Crippen LogP contribution in [0.15, 0.2) is 18.2 Å². The number of ether oxygens (including phenoxy) is 1. The molecule has 1 aliphatic carbocycles. The van der Waals surface area contributed by atoms with Gasteiger partial charge in [-0.25, -0.2) is 0 Å². The molecule has 1 fully saturated rings. The molecule has 2 N–H and O–H groups in total. The minimum absolute atomic E-state index is 0.0803. The molecule has 1 aromatic carbocycles. The van der Waals surface area contributed by atoms with E-state index in [1.54, 1.807) is 0 Å². The smallest absolute Gasteiger partial charge is 0.221 e. The highest BCUT2D eigenvalue weighted by atomic mass is 16.5. The van der Waals surface area contributed by atoms with Crippen LogP contribution in [0, 0.1) is 0 Å². The summed E-state index contributed by atoms with van der Waals surface area (Å²) in [4.78, 5) is 11.2. The fourth-order valence-electron chi connectivity index (χ4n) is 1.81. The van der Waals surface area contributed by atoms with Crippen LogP contribution in [0.25, 0.3) is 0 Å². The van der Waals surface area contributed by atoms with Crippen LogP contribution >= 0.6 is 0 Å². The lowest BCUT2D eigenvalue weighted by atomic mass is 10.1. The molecule has 0 bridgehead atoms. The Morgan fingerprint density at radius 1 is 1.44 bits per heavy atom. The van der Waals surface area contributed by atoms with Crippen LogP contribution in [0.3, 0.4) is 0 Å². The maximum atomic E-state index is 11.2. The van der Waals surface area contributed by atoms with E-state index in [2.05, 4.69) is 10.6 Å². The van der Waals surface area contributed by atoms with Crippen LogP contribution in [0.1, 0.15) is 32.3 Å². The van der Waals surface area contributed by atoms with E-state index < -0.39 is 0 Å². The van der Waals surface area contributed by atoms with Crippen LogP contribution in [0.4, 0.5) is 5.69 Å². The van der Waals surface area contributed by atoms with Gasteiger partial charge in [-0.3, -0.25) is 4.79 Å². The maximum Gasteiger partial charge on any atom is 0.221 e. The van der Waals surface area contributed by atoms with Gasteiger partial charge in [-0.1, -0.05) is 6.07 Å². The maximum absolute atomic E-state index is 11.2. The van der Waals surface area contributed by atoms with Gasteiger partial charge in [0.2, 0.25) is 5.91 Å². The van der Waals surface area contributed by atoms with Crippen molar-refractivity contribution in [2.75, 3.05) is 11.9 Å². The zero-order valence-corrected chi connectivity index (χ0v) is 11.0. The van der Waals surface area contributed by atoms with Gasteiger partial charge in [0, 0.05) is 19.5 Å². The Bertz CT molecular complexity index is 428. The topological polar surface area (TPSA) is 50.4 Å². The molecule has 18 heavy (non-hydrogen) atoms. The summed E-state index contributed by atoms with van der Waals surface area (Å²) in [5.41, 5.74) is 1.91. The van der Waals surface area contributed by atoms with Crippen LogP contribution < -0.4 is 15.4 Å². The van der Waals surface area contributed by atoms with Crippen LogP contribution in [-0.4, -0.2) is 18.6 Å². The molecule has 0 saturated heterocycles. The standard InChI is InChI=1S/C14H20N2O2/c1-3-18-14-7-4-11(9-15-12-5-6-12)8-13(14)16-10(2)17/h4,7-8,12,15H,3,5-6,9H2,1-2H3,(H,16,17). The number of anilines is 1. The highest BCUT2D eigenvalue weighted by Crippen LogP contribution is 2.26. The highest BCUT2D eigenvalue weighted by Gasteiger charge is 2.20. The number of benzene rings is 1. The van der Waals surface area contributed by atoms with E-state index in [9.17, 15) is 4.79 Å². The first-order valence-electron chi connectivity index (χ1n) is 6.45. The molecule has 0 spiro atoms. The first-order valence-corrected chi connectivity index (χ1v) is 6.45. The van der Waals surface area contributed by atoms with Crippen molar-refractivity contribution in [3.63, 3.8) is 0 Å². The van der Waals surface area contributed by atoms with Gasteiger partial charge in [0.25, 0.3) is 0 Å². The van der Waals surface area contributed by atoms with E-state index in [0.29, 0.717) is 12.6 Å². The van der Waals surface area contributed by atoms with Crippen molar-refractivity contribution in [3.05, 3.63) is 23.8 Å². The summed E-state index contributed by atoms with van der Waals surface area (Å²) in [5, 5.41) is 6.26. The van der Waals surface area contributed by atoms with Crippen molar-refractivity contribution < 1.29 is 9.53 Å². The largest absolute Gasteiger partial charge is 0.492 e. The van der Waals surface area contributed by atoms with Crippen molar-refractivity contribution >= 4 is 11.6 Å². The fourth-order valence-corrected chi connectivity index (χ4v) is 1.81. The molecule has 0 radical (unpaired) electrons. The normalized spacial score (nSPS) is 14.3. The number of carbonyl (C=O) groups excluding carboxylic acids is 1. The average molecular weight is 248 g/mol. The van der Waals surface area contributed by atoms with Crippen molar-refractivity contribution in [3.8, 4) is 5.75 Å². The lowest BCUT2D eigenvalue weighted by molar-refractivity contribution is -0.114. The number of rotatable bonds is 6. The monoisotopic (exact) mass is 248 g/mol. The zero-order valence-electron chi connectivity index (χ0n) is 11.0. The summed E-state index contributed by atoms with van der Waals surface area (Å²) in [6.07, 6.45) is 2.55. The average Bonchev–Trinajstić information content (AvgIpc) is 3.13. The molecule has 0 atom stereocenters. The Labute approximate surface area is 108 Å². The molecular formula is C14H20N2O2. The second-order valence-electron chi connectivity index (χ2n) is 4.60. The molecule has 4 heteroatoms. The Hall–Kier alpha value is -1.55. The van der Waals surface area contributed by atoms with E-state index in [1.165, 1.54) is 19.8 Å². The van der Waals surface area contributed by atoms with Crippen molar-refractivity contribution in [1.82, 2.24) is 5.32 Å². The van der Waals surface area contributed by atoms with Crippen LogP contribution in [0.2, 0.25) is 0 Å². The van der Waals surface area contributed by atoms with Crippen molar-refractivity contribution in [2.24, 2.45) is 0 Å². The van der Waals surface area contributed by atoms with Gasteiger partial charge in [0.1, 0.15) is 5.75 Å². The number of amides is 1. The number of hydrogen-bond acceptors (Lipinski definition) is 3. The Morgan fingerprint density at radius 2 is 2.22 bits per heavy atom. The molecular weight excluding hydrogens is 228 g/mol. The van der Waals surface area contributed by atoms with Gasteiger partial charge >= 0.3 is 0 Å². The molecule has 1 amide bonds. The lowest BCUT2D eigenvalue weighted by Gasteiger charge is -2.12. The van der Waals surface area contributed by atoms with Crippen molar-refractivity contribution in [2.45, 2.75) is 39.3 Å². The highest BCUT2D eigenvalue weighted by molar-refractivity contribution is 5.90. The van der Waals surface area contributed by atoms with Gasteiger partial charge in [-0.05, 0) is 37.5 Å². The molecule has 0 unspecified atom stereocenters. The number of hydrogen-bond donors (Lipinski definition) is 2. The van der Waals surface area contributed by atoms with Crippen LogP contribution in [0.5, 0.6) is 5.75 Å². The summed E-state index contributed by atoms with van der Waals surface area (Å²) in [6, 6.07) is 6.60. The van der Waals surface area contributed by atoms with Crippen molar-refractivity contribution in [1.29, 1.82) is 0 Å². The summed E-state index contributed by atoms with van der Waals surface area (Å²) >= 11 is 0. The molecule has 98 valence electrons. The number of carbonyl (C=O) groups is 1. The van der Waals surface area contributed by atoms with Gasteiger partial charge in [0.05, 0.1) is 12.3 Å². The zero-order chi connectivity index (χ0) is 13.0. The first kappa shape index (κ1) is 12.9. The SMILES string of the molecule is CCOc1ccc(CNC2CC2)cc1NC(C)=O. The summed E-state index contributed by atoms with van der Waals surface area (Å²) in [7, 11) is 0. The van der Waals surface area contributed by atoms with E-state index >= 15 is 0 Å². The molecule has 0 aliphatic heterocycles. The third-order valence-electron chi connectivity index (χ3n) is 2.83. The molecule has 1 aliphatic rings. The minimum Gasteiger partial charge on any atom is -0.492 e. The minimum atomic E-state index is -0.0803. The Morgan fingerprint density at radius 3 is 2.83 bits per heavy atom. The van der Waals surface area contributed by atoms with E-state index in [0.717, 1.165) is 23.5 Å². The van der Waals surface area contributed by atoms with E-state index in [-0.39, 0.29) is 5.91 Å².